The highest BCUT2D eigenvalue weighted by atomic mass is 16.5. The topological polar surface area (TPSA) is 63.6 Å². The molecule has 0 aliphatic heterocycles. The Hall–Kier alpha value is -1.32. The first-order chi connectivity index (χ1) is 19.5. The molecule has 4 nitrogen and oxygen atoms in total. The number of carboxylic acid groups (broad SMARTS) is 1. The van der Waals surface area contributed by atoms with Gasteiger partial charge in [-0.1, -0.05) is 91.2 Å². The number of hydrogen-bond donors (Lipinski definition) is 1. The SMILES string of the molecule is CC(C)CCC[C@@H](C)[C@H]1CCC2C3CC=C4CC(OC(=O)CCCCCCCCC(=O)O)CC[C@]4(C)C3CC[C@@]21C. The van der Waals surface area contributed by atoms with Crippen LogP contribution in [0, 0.1) is 46.3 Å². The molecular formula is C37H62O4. The fourth-order valence-corrected chi connectivity index (χ4v) is 10.3. The highest BCUT2D eigenvalue weighted by molar-refractivity contribution is 5.69. The maximum absolute atomic E-state index is 12.6. The fraction of sp³-hybridized carbons (Fsp3) is 0.892. The van der Waals surface area contributed by atoms with Crippen molar-refractivity contribution in [2.45, 2.75) is 163 Å². The first-order valence-electron chi connectivity index (χ1n) is 17.7. The van der Waals surface area contributed by atoms with E-state index < -0.39 is 5.97 Å². The monoisotopic (exact) mass is 570 g/mol. The molecular weight excluding hydrogens is 508 g/mol. The van der Waals surface area contributed by atoms with E-state index in [1.54, 1.807) is 5.57 Å². The lowest BCUT2D eigenvalue weighted by Gasteiger charge is -2.58. The Morgan fingerprint density at radius 2 is 1.59 bits per heavy atom. The molecule has 1 N–H and O–H groups in total. The predicted octanol–water partition coefficient (Wildman–Crippen LogP) is 10.1. The molecule has 0 aromatic heterocycles. The Kier molecular flexibility index (Phi) is 11.5. The van der Waals surface area contributed by atoms with E-state index in [0.29, 0.717) is 17.3 Å². The van der Waals surface area contributed by atoms with Crippen molar-refractivity contribution in [2.75, 3.05) is 0 Å². The third-order valence-electron chi connectivity index (χ3n) is 12.6. The Bertz CT molecular complexity index is 907. The molecule has 0 radical (unpaired) electrons. The first kappa shape index (κ1) is 32.6. The van der Waals surface area contributed by atoms with Gasteiger partial charge < -0.3 is 9.84 Å². The number of unbranched alkanes of at least 4 members (excludes halogenated alkanes) is 5. The van der Waals surface area contributed by atoms with Crippen molar-refractivity contribution in [3.05, 3.63) is 11.6 Å². The van der Waals surface area contributed by atoms with E-state index in [0.717, 1.165) is 86.9 Å². The molecule has 0 saturated heterocycles. The van der Waals surface area contributed by atoms with Crippen LogP contribution in [0.15, 0.2) is 11.6 Å². The van der Waals surface area contributed by atoms with Crippen molar-refractivity contribution in [3.8, 4) is 0 Å². The summed E-state index contributed by atoms with van der Waals surface area (Å²) < 4.78 is 6.02. The number of carboxylic acids is 1. The van der Waals surface area contributed by atoms with E-state index in [-0.39, 0.29) is 18.5 Å². The van der Waals surface area contributed by atoms with Crippen LogP contribution in [-0.4, -0.2) is 23.1 Å². The van der Waals surface area contributed by atoms with Gasteiger partial charge in [0, 0.05) is 19.3 Å². The Labute approximate surface area is 251 Å². The normalized spacial score (nSPS) is 35.3. The van der Waals surface area contributed by atoms with Gasteiger partial charge in [-0.15, -0.1) is 0 Å². The maximum atomic E-state index is 12.6. The van der Waals surface area contributed by atoms with Gasteiger partial charge in [-0.25, -0.2) is 0 Å². The Morgan fingerprint density at radius 1 is 0.878 bits per heavy atom. The zero-order valence-corrected chi connectivity index (χ0v) is 27.2. The van der Waals surface area contributed by atoms with E-state index in [1.807, 2.05) is 0 Å². The molecule has 4 rings (SSSR count). The molecule has 3 saturated carbocycles. The zero-order valence-electron chi connectivity index (χ0n) is 27.2. The number of hydrogen-bond acceptors (Lipinski definition) is 3. The van der Waals surface area contributed by atoms with Crippen molar-refractivity contribution in [3.63, 3.8) is 0 Å². The minimum Gasteiger partial charge on any atom is -0.481 e. The molecule has 3 fully saturated rings. The maximum Gasteiger partial charge on any atom is 0.306 e. The van der Waals surface area contributed by atoms with Crippen LogP contribution in [0.3, 0.4) is 0 Å². The van der Waals surface area contributed by atoms with Crippen LogP contribution in [0.4, 0.5) is 0 Å². The second-order valence-corrected chi connectivity index (χ2v) is 15.7. The van der Waals surface area contributed by atoms with Crippen molar-refractivity contribution < 1.29 is 19.4 Å². The van der Waals surface area contributed by atoms with Gasteiger partial charge in [0.2, 0.25) is 0 Å². The predicted molar refractivity (Wildman–Crippen MR) is 167 cm³/mol. The van der Waals surface area contributed by atoms with Crippen LogP contribution in [0.1, 0.15) is 157 Å². The van der Waals surface area contributed by atoms with E-state index in [2.05, 4.69) is 40.7 Å². The molecule has 0 heterocycles. The Balaban J connectivity index is 1.24. The van der Waals surface area contributed by atoms with E-state index in [4.69, 9.17) is 9.84 Å². The second kappa shape index (κ2) is 14.4. The van der Waals surface area contributed by atoms with E-state index in [9.17, 15) is 9.59 Å². The van der Waals surface area contributed by atoms with Crippen molar-refractivity contribution >= 4 is 11.9 Å². The minimum absolute atomic E-state index is 0.0216. The summed E-state index contributed by atoms with van der Waals surface area (Å²) in [6.07, 6.45) is 23.5. The van der Waals surface area contributed by atoms with Crippen molar-refractivity contribution in [1.29, 1.82) is 0 Å². The van der Waals surface area contributed by atoms with E-state index in [1.165, 1.54) is 57.8 Å². The largest absolute Gasteiger partial charge is 0.481 e. The van der Waals surface area contributed by atoms with Gasteiger partial charge in [-0.3, -0.25) is 9.59 Å². The lowest BCUT2D eigenvalue weighted by atomic mass is 9.47. The van der Waals surface area contributed by atoms with E-state index >= 15 is 0 Å². The molecule has 4 heteroatoms. The van der Waals surface area contributed by atoms with Gasteiger partial charge in [0.15, 0.2) is 0 Å². The first-order valence-corrected chi connectivity index (χ1v) is 17.7. The zero-order chi connectivity index (χ0) is 29.6. The summed E-state index contributed by atoms with van der Waals surface area (Å²) in [6.45, 7) is 12.5. The van der Waals surface area contributed by atoms with Gasteiger partial charge in [0.1, 0.15) is 6.10 Å². The summed E-state index contributed by atoms with van der Waals surface area (Å²) >= 11 is 0. The number of carbonyl (C=O) groups excluding carboxylic acids is 1. The molecule has 4 aliphatic rings. The fourth-order valence-electron chi connectivity index (χ4n) is 10.3. The third kappa shape index (κ3) is 7.80. The van der Waals surface area contributed by atoms with Gasteiger partial charge in [-0.2, -0.15) is 0 Å². The number of ether oxygens (including phenoxy) is 1. The van der Waals surface area contributed by atoms with Gasteiger partial charge >= 0.3 is 11.9 Å². The number of rotatable bonds is 15. The molecule has 0 amide bonds. The van der Waals surface area contributed by atoms with Crippen LogP contribution in [-0.2, 0) is 14.3 Å². The average Bonchev–Trinajstić information content (AvgIpc) is 3.27. The van der Waals surface area contributed by atoms with Gasteiger partial charge in [-0.05, 0) is 104 Å². The molecule has 0 spiro atoms. The summed E-state index contributed by atoms with van der Waals surface area (Å²) in [7, 11) is 0. The lowest BCUT2D eigenvalue weighted by Crippen LogP contribution is -2.51. The molecule has 41 heavy (non-hydrogen) atoms. The Morgan fingerprint density at radius 3 is 2.29 bits per heavy atom. The molecule has 0 aromatic carbocycles. The number of carbonyl (C=O) groups is 2. The summed E-state index contributed by atoms with van der Waals surface area (Å²) in [5.41, 5.74) is 2.43. The smallest absolute Gasteiger partial charge is 0.306 e. The second-order valence-electron chi connectivity index (χ2n) is 15.7. The van der Waals surface area contributed by atoms with Crippen LogP contribution in [0.5, 0.6) is 0 Å². The highest BCUT2D eigenvalue weighted by Crippen LogP contribution is 2.67. The molecule has 234 valence electrons. The molecule has 4 unspecified atom stereocenters. The minimum atomic E-state index is -0.707. The number of esters is 1. The lowest BCUT2D eigenvalue weighted by molar-refractivity contribution is -0.151. The van der Waals surface area contributed by atoms with Gasteiger partial charge in [0.25, 0.3) is 0 Å². The third-order valence-corrected chi connectivity index (χ3v) is 12.6. The molecule has 4 aliphatic carbocycles. The highest BCUT2D eigenvalue weighted by Gasteiger charge is 2.59. The summed E-state index contributed by atoms with van der Waals surface area (Å²) in [6, 6.07) is 0. The summed E-state index contributed by atoms with van der Waals surface area (Å²) in [5.74, 6) is 4.41. The van der Waals surface area contributed by atoms with Crippen LogP contribution in [0.25, 0.3) is 0 Å². The molecule has 8 atom stereocenters. The number of fused-ring (bicyclic) bond motifs is 5. The quantitative estimate of drug-likeness (QED) is 0.121. The average molecular weight is 571 g/mol. The van der Waals surface area contributed by atoms with Crippen molar-refractivity contribution in [2.24, 2.45) is 46.3 Å². The number of aliphatic carboxylic acids is 1. The standard InChI is InChI=1S/C37H62O4/c1-26(2)13-12-14-27(3)31-19-20-32-30-18-17-28-25-29(21-23-36(28,4)33(30)22-24-37(31,32)5)41-35(40)16-11-9-7-6-8-10-15-34(38)39/h17,26-27,29-33H,6-16,18-25H2,1-5H3,(H,38,39)/t27-,29?,30?,31-,32?,33?,36+,37-/m1/s1. The van der Waals surface area contributed by atoms with Crippen LogP contribution in [0.2, 0.25) is 0 Å². The van der Waals surface area contributed by atoms with Crippen LogP contribution >= 0.6 is 0 Å². The molecule has 0 bridgehead atoms. The molecule has 0 aromatic rings. The van der Waals surface area contributed by atoms with Crippen molar-refractivity contribution in [1.82, 2.24) is 0 Å². The van der Waals surface area contributed by atoms with Gasteiger partial charge in [0.05, 0.1) is 0 Å². The van der Waals surface area contributed by atoms with Crippen LogP contribution < -0.4 is 0 Å². The summed E-state index contributed by atoms with van der Waals surface area (Å²) in [4.78, 5) is 23.2. The summed E-state index contributed by atoms with van der Waals surface area (Å²) in [5, 5.41) is 8.73. The number of allylic oxidation sites excluding steroid dienone is 1.